The molecule has 0 atom stereocenters. The van der Waals surface area contributed by atoms with E-state index in [1.54, 1.807) is 6.07 Å². The molecule has 1 aromatic heterocycles. The lowest BCUT2D eigenvalue weighted by molar-refractivity contribution is 0.557. The van der Waals surface area contributed by atoms with E-state index in [0.29, 0.717) is 11.1 Å². The van der Waals surface area contributed by atoms with E-state index in [9.17, 15) is 0 Å². The smallest absolute Gasteiger partial charge is 0.193 e. The van der Waals surface area contributed by atoms with E-state index in [1.807, 2.05) is 12.1 Å². The van der Waals surface area contributed by atoms with Gasteiger partial charge in [-0.05, 0) is 35.7 Å². The lowest BCUT2D eigenvalue weighted by Crippen LogP contribution is -1.94. The Bertz CT molecular complexity index is 302. The molecular weight excluding hydrogens is 251 g/mol. The fourth-order valence-corrected chi connectivity index (χ4v) is 1.91. The summed E-state index contributed by atoms with van der Waals surface area (Å²) < 4.78 is 5.23. The van der Waals surface area contributed by atoms with Crippen LogP contribution in [0.25, 0.3) is 6.08 Å². The van der Waals surface area contributed by atoms with E-state index in [-0.39, 0.29) is 0 Å². The zero-order valence-electron chi connectivity index (χ0n) is 7.68. The largest absolute Gasteiger partial charge is 0.445 e. The van der Waals surface area contributed by atoms with Gasteiger partial charge in [0.2, 0.25) is 0 Å². The van der Waals surface area contributed by atoms with Gasteiger partial charge in [-0.1, -0.05) is 35.4 Å². The third-order valence-electron chi connectivity index (χ3n) is 1.82. The minimum Gasteiger partial charge on any atom is -0.445 e. The maximum Gasteiger partial charge on any atom is 0.193 e. The molecule has 3 heteroatoms. The Balaban J connectivity index is 2.84. The van der Waals surface area contributed by atoms with Crippen LogP contribution in [0.5, 0.6) is 0 Å². The van der Waals surface area contributed by atoms with Gasteiger partial charge in [0.1, 0.15) is 5.76 Å². The number of halogens is 2. The Morgan fingerprint density at radius 3 is 2.69 bits per heavy atom. The van der Waals surface area contributed by atoms with Gasteiger partial charge in [-0.25, -0.2) is 0 Å². The highest BCUT2D eigenvalue weighted by Crippen LogP contribution is 2.20. The highest BCUT2D eigenvalue weighted by Gasteiger charge is 2.03. The molecule has 0 spiro atoms. The number of hydrogen-bond acceptors (Lipinski definition) is 1. The van der Waals surface area contributed by atoms with Crippen molar-refractivity contribution in [3.8, 4) is 0 Å². The third-order valence-corrected chi connectivity index (χ3v) is 2.67. The van der Waals surface area contributed by atoms with Crippen LogP contribution in [0, 0.1) is 5.92 Å². The van der Waals surface area contributed by atoms with Gasteiger partial charge < -0.3 is 4.42 Å². The molecule has 0 radical (unpaired) electrons. The van der Waals surface area contributed by atoms with Crippen molar-refractivity contribution in [3.05, 3.63) is 28.7 Å². The average molecular weight is 264 g/mol. The van der Waals surface area contributed by atoms with E-state index in [2.05, 4.69) is 29.8 Å². The van der Waals surface area contributed by atoms with Crippen LogP contribution in [0.2, 0.25) is 5.22 Å². The maximum absolute atomic E-state index is 5.66. The first kappa shape index (κ1) is 10.9. The maximum atomic E-state index is 5.66. The van der Waals surface area contributed by atoms with Gasteiger partial charge in [-0.2, -0.15) is 0 Å². The van der Waals surface area contributed by atoms with Gasteiger partial charge in [0.15, 0.2) is 5.22 Å². The normalized spacial score (nSPS) is 12.5. The van der Waals surface area contributed by atoms with Crippen molar-refractivity contribution in [1.82, 2.24) is 0 Å². The minimum absolute atomic E-state index is 0.434. The van der Waals surface area contributed by atoms with Crippen molar-refractivity contribution in [2.75, 3.05) is 5.33 Å². The number of alkyl halides is 1. The number of furan rings is 1. The summed E-state index contributed by atoms with van der Waals surface area (Å²) in [5.41, 5.74) is 1.30. The van der Waals surface area contributed by atoms with E-state index in [0.717, 1.165) is 11.1 Å². The summed E-state index contributed by atoms with van der Waals surface area (Å²) in [7, 11) is 0. The van der Waals surface area contributed by atoms with Gasteiger partial charge in [-0.3, -0.25) is 0 Å². The molecule has 1 aromatic rings. The van der Waals surface area contributed by atoms with Crippen molar-refractivity contribution in [3.63, 3.8) is 0 Å². The minimum atomic E-state index is 0.434. The Morgan fingerprint density at radius 2 is 2.31 bits per heavy atom. The second-order valence-corrected chi connectivity index (χ2v) is 4.08. The molecule has 0 fully saturated rings. The monoisotopic (exact) mass is 262 g/mol. The first-order chi connectivity index (χ1) is 6.13. The van der Waals surface area contributed by atoms with Gasteiger partial charge in [0.25, 0.3) is 0 Å². The SMILES string of the molecule is CC(C)C(=Cc1ccc(Cl)o1)CBr. The molecule has 0 bridgehead atoms. The van der Waals surface area contributed by atoms with Gasteiger partial charge >= 0.3 is 0 Å². The zero-order valence-corrected chi connectivity index (χ0v) is 10.0. The summed E-state index contributed by atoms with van der Waals surface area (Å²) in [4.78, 5) is 0. The van der Waals surface area contributed by atoms with Gasteiger partial charge in [-0.15, -0.1) is 0 Å². The Morgan fingerprint density at radius 1 is 1.62 bits per heavy atom. The molecule has 0 aliphatic carbocycles. The van der Waals surface area contributed by atoms with Crippen LogP contribution < -0.4 is 0 Å². The molecule has 1 heterocycles. The second-order valence-electron chi connectivity index (χ2n) is 3.15. The predicted molar refractivity (Wildman–Crippen MR) is 60.3 cm³/mol. The molecule has 0 amide bonds. The number of allylic oxidation sites excluding steroid dienone is 1. The highest BCUT2D eigenvalue weighted by atomic mass is 79.9. The van der Waals surface area contributed by atoms with E-state index in [1.165, 1.54) is 5.57 Å². The molecule has 0 aliphatic rings. The molecule has 1 rings (SSSR count). The van der Waals surface area contributed by atoms with Crippen molar-refractivity contribution in [1.29, 1.82) is 0 Å². The van der Waals surface area contributed by atoms with E-state index < -0.39 is 0 Å². The molecular formula is C10H12BrClO. The first-order valence-corrected chi connectivity index (χ1v) is 5.65. The Hall–Kier alpha value is -0.210. The summed E-state index contributed by atoms with van der Waals surface area (Å²) in [5.74, 6) is 1.33. The summed E-state index contributed by atoms with van der Waals surface area (Å²) >= 11 is 9.10. The lowest BCUT2D eigenvalue weighted by Gasteiger charge is -2.05. The molecule has 0 saturated carbocycles. The van der Waals surface area contributed by atoms with E-state index in [4.69, 9.17) is 16.0 Å². The van der Waals surface area contributed by atoms with Crippen LogP contribution in [-0.4, -0.2) is 5.33 Å². The average Bonchev–Trinajstić information content (AvgIpc) is 2.46. The Labute approximate surface area is 91.9 Å². The third kappa shape index (κ3) is 3.20. The lowest BCUT2D eigenvalue weighted by atomic mass is 10.0. The molecule has 0 aromatic carbocycles. The second kappa shape index (κ2) is 4.87. The predicted octanol–water partition coefficient (Wildman–Crippen LogP) is 4.37. The van der Waals surface area contributed by atoms with Crippen molar-refractivity contribution in [2.24, 2.45) is 5.92 Å². The van der Waals surface area contributed by atoms with Crippen molar-refractivity contribution >= 4 is 33.6 Å². The van der Waals surface area contributed by atoms with Crippen LogP contribution >= 0.6 is 27.5 Å². The number of rotatable bonds is 3. The Kier molecular flexibility index (Phi) is 4.07. The molecule has 0 aliphatic heterocycles. The fraction of sp³-hybridized carbons (Fsp3) is 0.400. The molecule has 1 nitrogen and oxygen atoms in total. The standard InChI is InChI=1S/C10H12BrClO/c1-7(2)8(6-11)5-9-3-4-10(12)13-9/h3-5,7H,6H2,1-2H3. The summed E-state index contributed by atoms with van der Waals surface area (Å²) in [5, 5.41) is 1.30. The quantitative estimate of drug-likeness (QED) is 0.738. The summed E-state index contributed by atoms with van der Waals surface area (Å²) in [6, 6.07) is 3.62. The van der Waals surface area contributed by atoms with Crippen LogP contribution in [-0.2, 0) is 0 Å². The fourth-order valence-electron chi connectivity index (χ4n) is 0.948. The van der Waals surface area contributed by atoms with Crippen LogP contribution in [0.15, 0.2) is 22.1 Å². The molecule has 0 N–H and O–H groups in total. The summed E-state index contributed by atoms with van der Waals surface area (Å²) in [6.45, 7) is 4.30. The van der Waals surface area contributed by atoms with Crippen molar-refractivity contribution < 1.29 is 4.42 Å². The summed E-state index contributed by atoms with van der Waals surface area (Å²) in [6.07, 6.45) is 2.02. The van der Waals surface area contributed by atoms with Gasteiger partial charge in [0, 0.05) is 5.33 Å². The topological polar surface area (TPSA) is 13.1 Å². The van der Waals surface area contributed by atoms with Crippen molar-refractivity contribution in [2.45, 2.75) is 13.8 Å². The first-order valence-electron chi connectivity index (χ1n) is 4.15. The van der Waals surface area contributed by atoms with Crippen LogP contribution in [0.3, 0.4) is 0 Å². The molecule has 0 saturated heterocycles. The van der Waals surface area contributed by atoms with Gasteiger partial charge in [0.05, 0.1) is 0 Å². The van der Waals surface area contributed by atoms with E-state index >= 15 is 0 Å². The molecule has 72 valence electrons. The zero-order chi connectivity index (χ0) is 9.84. The molecule has 0 unspecified atom stereocenters. The van der Waals surface area contributed by atoms with Crippen LogP contribution in [0.4, 0.5) is 0 Å². The highest BCUT2D eigenvalue weighted by molar-refractivity contribution is 9.09. The number of hydrogen-bond donors (Lipinski definition) is 0. The molecule has 13 heavy (non-hydrogen) atoms. The van der Waals surface area contributed by atoms with Crippen LogP contribution in [0.1, 0.15) is 19.6 Å².